The predicted molar refractivity (Wildman–Crippen MR) is 75.1 cm³/mol. The number of imide groups is 1. The Kier molecular flexibility index (Phi) is 3.75. The van der Waals surface area contributed by atoms with Crippen molar-refractivity contribution in [1.29, 1.82) is 0 Å². The Labute approximate surface area is 130 Å². The summed E-state index contributed by atoms with van der Waals surface area (Å²) in [5.74, 6) is -2.16. The van der Waals surface area contributed by atoms with Gasteiger partial charge in [0.05, 0.1) is 5.54 Å². The third-order valence-electron chi connectivity index (χ3n) is 4.09. The maximum Gasteiger partial charge on any atom is 0.322 e. The lowest BCUT2D eigenvalue weighted by atomic mass is 10.0. The quantitative estimate of drug-likeness (QED) is 0.777. The van der Waals surface area contributed by atoms with E-state index in [-0.39, 0.29) is 18.4 Å². The van der Waals surface area contributed by atoms with Gasteiger partial charge in [0.2, 0.25) is 11.8 Å². The number of hydrogen-bond acceptors (Lipinski definition) is 3. The Balaban J connectivity index is 1.75. The number of amides is 4. The van der Waals surface area contributed by atoms with Crippen molar-refractivity contribution in [3.63, 3.8) is 0 Å². The second-order valence-corrected chi connectivity index (χ2v) is 5.81. The Bertz CT molecular complexity index is 689. The van der Waals surface area contributed by atoms with E-state index in [4.69, 9.17) is 0 Å². The monoisotopic (exact) mass is 323 g/mol. The van der Waals surface area contributed by atoms with Crippen molar-refractivity contribution in [2.24, 2.45) is 0 Å². The molecule has 1 saturated heterocycles. The highest BCUT2D eigenvalue weighted by Crippen LogP contribution is 2.46. The molecule has 1 aliphatic heterocycles. The van der Waals surface area contributed by atoms with E-state index in [9.17, 15) is 23.2 Å². The Hall–Kier alpha value is -2.51. The molecular formula is C15H15F2N3O3. The summed E-state index contributed by atoms with van der Waals surface area (Å²) >= 11 is 0. The van der Waals surface area contributed by atoms with Crippen molar-refractivity contribution >= 4 is 17.8 Å². The number of nitrogens with one attached hydrogen (secondary N) is 3. The van der Waals surface area contributed by atoms with Crippen LogP contribution in [-0.2, 0) is 15.1 Å². The van der Waals surface area contributed by atoms with Gasteiger partial charge in [-0.25, -0.2) is 13.6 Å². The van der Waals surface area contributed by atoms with Gasteiger partial charge in [-0.3, -0.25) is 14.9 Å². The van der Waals surface area contributed by atoms with Gasteiger partial charge in [-0.1, -0.05) is 0 Å². The number of carbonyl (C=O) groups is 3. The molecule has 1 unspecified atom stereocenters. The van der Waals surface area contributed by atoms with Crippen LogP contribution in [0.25, 0.3) is 0 Å². The molecule has 23 heavy (non-hydrogen) atoms. The van der Waals surface area contributed by atoms with Crippen LogP contribution in [0.15, 0.2) is 18.2 Å². The third kappa shape index (κ3) is 3.15. The van der Waals surface area contributed by atoms with Gasteiger partial charge in [-0.05, 0) is 37.5 Å². The fourth-order valence-electron chi connectivity index (χ4n) is 2.70. The van der Waals surface area contributed by atoms with Gasteiger partial charge in [0, 0.05) is 12.0 Å². The topological polar surface area (TPSA) is 87.3 Å². The highest BCUT2D eigenvalue weighted by molar-refractivity contribution is 5.98. The summed E-state index contributed by atoms with van der Waals surface area (Å²) < 4.78 is 27.3. The number of benzene rings is 1. The molecule has 2 fully saturated rings. The van der Waals surface area contributed by atoms with E-state index >= 15 is 0 Å². The lowest BCUT2D eigenvalue weighted by molar-refractivity contribution is -0.124. The maximum absolute atomic E-state index is 13.9. The molecule has 1 aromatic rings. The molecule has 1 aromatic carbocycles. The molecule has 2 aliphatic rings. The molecule has 0 bridgehead atoms. The molecule has 122 valence electrons. The zero-order valence-electron chi connectivity index (χ0n) is 12.1. The normalized spacial score (nSPS) is 22.6. The van der Waals surface area contributed by atoms with Crippen LogP contribution >= 0.6 is 0 Å². The van der Waals surface area contributed by atoms with Crippen molar-refractivity contribution in [1.82, 2.24) is 16.0 Å². The largest absolute Gasteiger partial charge is 0.345 e. The fourth-order valence-corrected chi connectivity index (χ4v) is 2.70. The van der Waals surface area contributed by atoms with Crippen molar-refractivity contribution in [3.8, 4) is 0 Å². The van der Waals surface area contributed by atoms with Crippen LogP contribution < -0.4 is 16.0 Å². The molecule has 1 heterocycles. The van der Waals surface area contributed by atoms with Crippen LogP contribution in [0.3, 0.4) is 0 Å². The molecule has 1 atom stereocenters. The van der Waals surface area contributed by atoms with E-state index in [2.05, 4.69) is 16.0 Å². The van der Waals surface area contributed by atoms with Crippen LogP contribution in [0.4, 0.5) is 13.6 Å². The van der Waals surface area contributed by atoms with E-state index < -0.39 is 41.1 Å². The summed E-state index contributed by atoms with van der Waals surface area (Å²) in [5, 5.41) is 7.15. The highest BCUT2D eigenvalue weighted by atomic mass is 19.1. The SMILES string of the molecule is O=C1CCC(C(=O)NC2(c3cc(F)ccc3F)CC2)NC(=O)N1. The summed E-state index contributed by atoms with van der Waals surface area (Å²) in [6, 6.07) is 1.47. The zero-order chi connectivity index (χ0) is 16.6. The number of carbonyl (C=O) groups excluding carboxylic acids is 3. The summed E-state index contributed by atoms with van der Waals surface area (Å²) in [5.41, 5.74) is -0.849. The van der Waals surface area contributed by atoms with Crippen molar-refractivity contribution in [2.75, 3.05) is 0 Å². The Morgan fingerprint density at radius 3 is 2.70 bits per heavy atom. The summed E-state index contributed by atoms with van der Waals surface area (Å²) in [4.78, 5) is 35.0. The Morgan fingerprint density at radius 2 is 2.00 bits per heavy atom. The van der Waals surface area contributed by atoms with Gasteiger partial charge in [0.15, 0.2) is 0 Å². The molecule has 3 N–H and O–H groups in total. The van der Waals surface area contributed by atoms with Crippen molar-refractivity contribution in [2.45, 2.75) is 37.3 Å². The number of urea groups is 1. The Morgan fingerprint density at radius 1 is 1.26 bits per heavy atom. The minimum absolute atomic E-state index is 0.0259. The van der Waals surface area contributed by atoms with Gasteiger partial charge < -0.3 is 10.6 Å². The van der Waals surface area contributed by atoms with E-state index in [1.165, 1.54) is 0 Å². The standard InChI is InChI=1S/C15H15F2N3O3/c16-8-1-2-10(17)9(7-8)15(5-6-15)20-13(22)11-3-4-12(21)19-14(23)18-11/h1-2,7,11H,3-6H2,(H,20,22)(H2,18,19,21,23). The van der Waals surface area contributed by atoms with Crippen LogP contribution in [0.5, 0.6) is 0 Å². The molecule has 6 nitrogen and oxygen atoms in total. The van der Waals surface area contributed by atoms with Crippen LogP contribution in [0.1, 0.15) is 31.2 Å². The fraction of sp³-hybridized carbons (Fsp3) is 0.400. The average Bonchev–Trinajstić information content (AvgIpc) is 3.27. The van der Waals surface area contributed by atoms with Crippen LogP contribution in [0, 0.1) is 11.6 Å². The average molecular weight is 323 g/mol. The first kappa shape index (κ1) is 15.4. The van der Waals surface area contributed by atoms with Crippen LogP contribution in [-0.4, -0.2) is 23.9 Å². The smallest absolute Gasteiger partial charge is 0.322 e. The minimum Gasteiger partial charge on any atom is -0.345 e. The lowest BCUT2D eigenvalue weighted by Crippen LogP contribution is -2.50. The van der Waals surface area contributed by atoms with Gasteiger partial charge in [-0.2, -0.15) is 0 Å². The number of rotatable bonds is 3. The van der Waals surface area contributed by atoms with E-state index in [1.807, 2.05) is 0 Å². The minimum atomic E-state index is -0.947. The number of halogens is 2. The molecule has 3 rings (SSSR count). The predicted octanol–water partition coefficient (Wildman–Crippen LogP) is 1.06. The molecule has 0 spiro atoms. The van der Waals surface area contributed by atoms with Gasteiger partial charge >= 0.3 is 6.03 Å². The first-order valence-electron chi connectivity index (χ1n) is 7.27. The highest BCUT2D eigenvalue weighted by Gasteiger charge is 2.48. The van der Waals surface area contributed by atoms with Crippen LogP contribution in [0.2, 0.25) is 0 Å². The van der Waals surface area contributed by atoms with E-state index in [0.29, 0.717) is 12.8 Å². The van der Waals surface area contributed by atoms with E-state index in [0.717, 1.165) is 18.2 Å². The van der Waals surface area contributed by atoms with Crippen molar-refractivity contribution in [3.05, 3.63) is 35.4 Å². The first-order valence-corrected chi connectivity index (χ1v) is 7.27. The molecule has 1 aliphatic carbocycles. The molecule has 1 saturated carbocycles. The molecule has 4 amide bonds. The zero-order valence-corrected chi connectivity index (χ0v) is 12.1. The summed E-state index contributed by atoms with van der Waals surface area (Å²) in [7, 11) is 0. The number of hydrogen-bond donors (Lipinski definition) is 3. The summed E-state index contributed by atoms with van der Waals surface area (Å²) in [6.45, 7) is 0. The summed E-state index contributed by atoms with van der Waals surface area (Å²) in [6.07, 6.45) is 1.14. The second kappa shape index (κ2) is 5.60. The second-order valence-electron chi connectivity index (χ2n) is 5.81. The third-order valence-corrected chi connectivity index (χ3v) is 4.09. The maximum atomic E-state index is 13.9. The molecular weight excluding hydrogens is 308 g/mol. The van der Waals surface area contributed by atoms with Crippen molar-refractivity contribution < 1.29 is 23.2 Å². The lowest BCUT2D eigenvalue weighted by Gasteiger charge is -2.22. The molecule has 0 radical (unpaired) electrons. The van der Waals surface area contributed by atoms with E-state index in [1.54, 1.807) is 0 Å². The molecule has 8 heteroatoms. The molecule has 0 aromatic heterocycles. The first-order chi connectivity index (χ1) is 10.9. The van der Waals surface area contributed by atoms with Gasteiger partial charge in [-0.15, -0.1) is 0 Å². The van der Waals surface area contributed by atoms with Gasteiger partial charge in [0.1, 0.15) is 17.7 Å². The van der Waals surface area contributed by atoms with Gasteiger partial charge in [0.25, 0.3) is 0 Å².